The van der Waals surface area contributed by atoms with Crippen molar-refractivity contribution in [3.8, 4) is 6.19 Å². The molecule has 1 rings (SSSR count). The molecule has 0 spiro atoms. The second kappa shape index (κ2) is 8.28. The number of aliphatic imine (C=N–C) groups is 1. The van der Waals surface area contributed by atoms with E-state index in [0.717, 1.165) is 0 Å². The van der Waals surface area contributed by atoms with E-state index < -0.39 is 0 Å². The maximum absolute atomic E-state index is 11.8. The van der Waals surface area contributed by atoms with Crippen LogP contribution in [0, 0.1) is 11.5 Å². The Morgan fingerprint density at radius 1 is 1.42 bits per heavy atom. The van der Waals surface area contributed by atoms with Crippen LogP contribution in [0.25, 0.3) is 0 Å². The summed E-state index contributed by atoms with van der Waals surface area (Å²) in [6, 6.07) is 4.69. The molecule has 0 aliphatic heterocycles. The van der Waals surface area contributed by atoms with Gasteiger partial charge in [0.15, 0.2) is 5.78 Å². The lowest BCUT2D eigenvalue weighted by Gasteiger charge is -1.99. The summed E-state index contributed by atoms with van der Waals surface area (Å²) >= 11 is 14.1. The van der Waals surface area contributed by atoms with Crippen LogP contribution in [0.4, 0.5) is 0 Å². The van der Waals surface area contributed by atoms with Gasteiger partial charge in [-0.3, -0.25) is 4.79 Å². The fraction of sp³-hybridized carbons (Fsp3) is 0.0833. The second-order valence-corrected chi connectivity index (χ2v) is 5.86. The highest BCUT2D eigenvalue weighted by Crippen LogP contribution is 2.23. The Kier molecular flexibility index (Phi) is 7.03. The van der Waals surface area contributed by atoms with Gasteiger partial charge >= 0.3 is 0 Å². The van der Waals surface area contributed by atoms with Crippen molar-refractivity contribution >= 4 is 56.9 Å². The maximum Gasteiger partial charge on any atom is 0.207 e. The lowest BCUT2D eigenvalue weighted by atomic mass is 10.1. The molecule has 0 fully saturated rings. The van der Waals surface area contributed by atoms with Crippen molar-refractivity contribution in [2.75, 3.05) is 6.26 Å². The molecular formula is C12H8Cl2N2OS2. The topological polar surface area (TPSA) is 53.2 Å². The Morgan fingerprint density at radius 3 is 2.74 bits per heavy atom. The van der Waals surface area contributed by atoms with Crippen molar-refractivity contribution in [3.05, 3.63) is 45.3 Å². The third kappa shape index (κ3) is 5.29. The molecule has 0 aliphatic rings. The summed E-state index contributed by atoms with van der Waals surface area (Å²) in [5.74, 6) is -0.191. The van der Waals surface area contributed by atoms with Crippen molar-refractivity contribution in [2.24, 2.45) is 4.99 Å². The first-order valence-electron chi connectivity index (χ1n) is 4.92. The predicted molar refractivity (Wildman–Crippen MR) is 84.1 cm³/mol. The molecule has 0 saturated heterocycles. The van der Waals surface area contributed by atoms with E-state index in [-0.39, 0.29) is 5.78 Å². The first kappa shape index (κ1) is 16.1. The van der Waals surface area contributed by atoms with E-state index in [1.54, 1.807) is 30.0 Å². The standard InChI is InChI=1S/C12H8Cl2N2OS2/c1-18-12(16-7-15)19-5-4-11(17)8-2-3-9(13)10(14)6-8/h2-6H,1H3. The number of hydrogen-bond donors (Lipinski definition) is 0. The van der Waals surface area contributed by atoms with Gasteiger partial charge in [-0.05, 0) is 35.9 Å². The van der Waals surface area contributed by atoms with Crippen LogP contribution in [-0.4, -0.2) is 16.4 Å². The average Bonchev–Trinajstić information content (AvgIpc) is 2.40. The number of carbonyl (C=O) groups is 1. The molecule has 0 amide bonds. The molecule has 0 unspecified atom stereocenters. The second-order valence-electron chi connectivity index (χ2n) is 3.10. The summed E-state index contributed by atoms with van der Waals surface area (Å²) in [5.41, 5.74) is 0.453. The van der Waals surface area contributed by atoms with Gasteiger partial charge in [0, 0.05) is 5.56 Å². The van der Waals surface area contributed by atoms with Gasteiger partial charge in [-0.2, -0.15) is 10.3 Å². The Labute approximate surface area is 129 Å². The van der Waals surface area contributed by atoms with E-state index in [1.807, 2.05) is 0 Å². The number of halogens is 2. The van der Waals surface area contributed by atoms with E-state index in [1.165, 1.54) is 35.7 Å². The highest BCUT2D eigenvalue weighted by atomic mass is 35.5. The highest BCUT2D eigenvalue weighted by molar-refractivity contribution is 8.39. The van der Waals surface area contributed by atoms with Crippen LogP contribution < -0.4 is 0 Å². The van der Waals surface area contributed by atoms with Crippen LogP contribution >= 0.6 is 46.7 Å². The van der Waals surface area contributed by atoms with Crippen LogP contribution in [0.3, 0.4) is 0 Å². The molecule has 1 aromatic carbocycles. The quantitative estimate of drug-likeness (QED) is 0.267. The van der Waals surface area contributed by atoms with Crippen molar-refractivity contribution in [1.82, 2.24) is 0 Å². The molecular weight excluding hydrogens is 323 g/mol. The molecule has 0 bridgehead atoms. The summed E-state index contributed by atoms with van der Waals surface area (Å²) in [6.45, 7) is 0. The number of ketones is 1. The van der Waals surface area contributed by atoms with Crippen molar-refractivity contribution in [3.63, 3.8) is 0 Å². The van der Waals surface area contributed by atoms with Gasteiger partial charge in [-0.25, -0.2) is 0 Å². The number of nitrogens with zero attached hydrogens (tertiary/aromatic N) is 2. The third-order valence-corrected chi connectivity index (χ3v) is 4.44. The van der Waals surface area contributed by atoms with Crippen LogP contribution in [-0.2, 0) is 0 Å². The highest BCUT2D eigenvalue weighted by Gasteiger charge is 2.05. The Balaban J connectivity index is 2.72. The summed E-state index contributed by atoms with van der Waals surface area (Å²) in [5, 5.41) is 10.8. The van der Waals surface area contributed by atoms with E-state index in [4.69, 9.17) is 28.5 Å². The summed E-state index contributed by atoms with van der Waals surface area (Å²) < 4.78 is 0.570. The molecule has 0 heterocycles. The monoisotopic (exact) mass is 330 g/mol. The fourth-order valence-electron chi connectivity index (χ4n) is 1.06. The Hall–Kier alpha value is -0.930. The first-order chi connectivity index (χ1) is 9.08. The van der Waals surface area contributed by atoms with Gasteiger partial charge in [0.2, 0.25) is 6.19 Å². The van der Waals surface area contributed by atoms with Gasteiger partial charge in [0.05, 0.1) is 10.0 Å². The van der Waals surface area contributed by atoms with Crippen molar-refractivity contribution < 1.29 is 4.79 Å². The van der Waals surface area contributed by atoms with Gasteiger partial charge in [-0.1, -0.05) is 35.0 Å². The molecule has 0 aromatic heterocycles. The predicted octanol–water partition coefficient (Wildman–Crippen LogP) is 4.62. The van der Waals surface area contributed by atoms with Crippen LogP contribution in [0.15, 0.2) is 34.7 Å². The molecule has 0 radical (unpaired) electrons. The summed E-state index contributed by atoms with van der Waals surface area (Å²) in [6.07, 6.45) is 4.90. The van der Waals surface area contributed by atoms with Crippen LogP contribution in [0.1, 0.15) is 10.4 Å². The minimum atomic E-state index is -0.191. The van der Waals surface area contributed by atoms with Crippen molar-refractivity contribution in [1.29, 1.82) is 5.26 Å². The van der Waals surface area contributed by atoms with Crippen LogP contribution in [0.5, 0.6) is 0 Å². The molecule has 19 heavy (non-hydrogen) atoms. The fourth-order valence-corrected chi connectivity index (χ4v) is 2.44. The van der Waals surface area contributed by atoms with Crippen molar-refractivity contribution in [2.45, 2.75) is 0 Å². The minimum absolute atomic E-state index is 0.191. The molecule has 1 aromatic rings. The Morgan fingerprint density at radius 2 is 2.16 bits per heavy atom. The van der Waals surface area contributed by atoms with E-state index in [9.17, 15) is 4.79 Å². The minimum Gasteiger partial charge on any atom is -0.289 e. The number of benzene rings is 1. The molecule has 98 valence electrons. The number of hydrogen-bond acceptors (Lipinski definition) is 5. The van der Waals surface area contributed by atoms with E-state index in [0.29, 0.717) is 20.0 Å². The van der Waals surface area contributed by atoms with Gasteiger partial charge < -0.3 is 0 Å². The smallest absolute Gasteiger partial charge is 0.207 e. The van der Waals surface area contributed by atoms with Gasteiger partial charge in [0.25, 0.3) is 0 Å². The summed E-state index contributed by atoms with van der Waals surface area (Å²) in [4.78, 5) is 15.4. The lowest BCUT2D eigenvalue weighted by molar-refractivity contribution is 0.104. The normalized spacial score (nSPS) is 11.6. The molecule has 0 saturated carbocycles. The van der Waals surface area contributed by atoms with E-state index in [2.05, 4.69) is 4.99 Å². The molecule has 7 heteroatoms. The number of thioether (sulfide) groups is 2. The maximum atomic E-state index is 11.8. The van der Waals surface area contributed by atoms with Gasteiger partial charge in [-0.15, -0.1) is 11.8 Å². The first-order valence-corrected chi connectivity index (χ1v) is 7.78. The zero-order valence-corrected chi connectivity index (χ0v) is 12.9. The Bertz CT molecular complexity index is 580. The van der Waals surface area contributed by atoms with Gasteiger partial charge in [0.1, 0.15) is 4.38 Å². The lowest BCUT2D eigenvalue weighted by Crippen LogP contribution is -1.93. The zero-order chi connectivity index (χ0) is 14.3. The molecule has 0 atom stereocenters. The SMILES string of the molecule is CSC(=NC#N)SC=CC(=O)c1ccc(Cl)c(Cl)c1. The molecule has 0 N–H and O–H groups in total. The molecule has 3 nitrogen and oxygen atoms in total. The third-order valence-electron chi connectivity index (χ3n) is 1.91. The number of carbonyl (C=O) groups excluding carboxylic acids is 1. The zero-order valence-electron chi connectivity index (χ0n) is 9.76. The molecule has 0 aliphatic carbocycles. The largest absolute Gasteiger partial charge is 0.289 e. The number of nitriles is 1. The number of rotatable bonds is 3. The van der Waals surface area contributed by atoms with E-state index >= 15 is 0 Å². The van der Waals surface area contributed by atoms with Crippen LogP contribution in [0.2, 0.25) is 10.0 Å². The summed E-state index contributed by atoms with van der Waals surface area (Å²) in [7, 11) is 0. The number of allylic oxidation sites excluding steroid dienone is 1. The average molecular weight is 331 g/mol.